The number of carbonyl (C=O) groups excluding carboxylic acids is 1. The molecule has 0 aromatic heterocycles. The number of rotatable bonds is 5. The zero-order valence-corrected chi connectivity index (χ0v) is 13.4. The number of halogens is 3. The summed E-state index contributed by atoms with van der Waals surface area (Å²) in [5, 5.41) is 10.0. The SMILES string of the molecule is CC(C)(O)CN(Cc1ccccc1)C(=O)c1cc(F)c(F)c(F)c1. The summed E-state index contributed by atoms with van der Waals surface area (Å²) in [5.74, 6) is -5.18. The van der Waals surface area contributed by atoms with Crippen LogP contribution in [-0.4, -0.2) is 28.1 Å². The zero-order chi connectivity index (χ0) is 17.9. The van der Waals surface area contributed by atoms with Gasteiger partial charge < -0.3 is 10.0 Å². The third kappa shape index (κ3) is 4.58. The van der Waals surface area contributed by atoms with Crippen LogP contribution < -0.4 is 0 Å². The molecule has 0 radical (unpaired) electrons. The Bertz CT molecular complexity index is 704. The number of carbonyl (C=O) groups is 1. The lowest BCUT2D eigenvalue weighted by molar-refractivity contribution is 0.0279. The molecule has 128 valence electrons. The average Bonchev–Trinajstić information content (AvgIpc) is 2.50. The van der Waals surface area contributed by atoms with Crippen LogP contribution in [0.15, 0.2) is 42.5 Å². The maximum Gasteiger partial charge on any atom is 0.254 e. The van der Waals surface area contributed by atoms with Gasteiger partial charge in [0.1, 0.15) is 0 Å². The molecule has 2 aromatic carbocycles. The summed E-state index contributed by atoms with van der Waals surface area (Å²) in [6.07, 6.45) is 0. The van der Waals surface area contributed by atoms with E-state index in [9.17, 15) is 23.1 Å². The smallest absolute Gasteiger partial charge is 0.254 e. The van der Waals surface area contributed by atoms with Gasteiger partial charge in [-0.2, -0.15) is 0 Å². The Balaban J connectivity index is 2.33. The standard InChI is InChI=1S/C18H18F3NO2/c1-18(2,24)11-22(10-12-6-4-3-5-7-12)17(23)13-8-14(19)16(21)15(20)9-13/h3-9,24H,10-11H2,1-2H3. The van der Waals surface area contributed by atoms with Crippen molar-refractivity contribution in [2.75, 3.05) is 6.54 Å². The van der Waals surface area contributed by atoms with Gasteiger partial charge in [0, 0.05) is 18.7 Å². The molecule has 0 saturated carbocycles. The molecule has 0 atom stereocenters. The van der Waals surface area contributed by atoms with E-state index in [1.807, 2.05) is 6.07 Å². The van der Waals surface area contributed by atoms with Crippen molar-refractivity contribution in [2.45, 2.75) is 26.0 Å². The Morgan fingerprint density at radius 3 is 2.12 bits per heavy atom. The monoisotopic (exact) mass is 337 g/mol. The van der Waals surface area contributed by atoms with Gasteiger partial charge >= 0.3 is 0 Å². The molecular weight excluding hydrogens is 319 g/mol. The minimum Gasteiger partial charge on any atom is -0.389 e. The normalized spacial score (nSPS) is 11.4. The van der Waals surface area contributed by atoms with E-state index >= 15 is 0 Å². The average molecular weight is 337 g/mol. The predicted octanol–water partition coefficient (Wildman–Crippen LogP) is 3.52. The summed E-state index contributed by atoms with van der Waals surface area (Å²) in [4.78, 5) is 13.9. The molecule has 3 nitrogen and oxygen atoms in total. The summed E-state index contributed by atoms with van der Waals surface area (Å²) in [6.45, 7) is 3.12. The lowest BCUT2D eigenvalue weighted by atomic mass is 10.1. The van der Waals surface area contributed by atoms with E-state index in [2.05, 4.69) is 0 Å². The quantitative estimate of drug-likeness (QED) is 0.848. The van der Waals surface area contributed by atoms with E-state index in [0.29, 0.717) is 12.1 Å². The summed E-state index contributed by atoms with van der Waals surface area (Å²) in [5.41, 5.74) is -0.730. The van der Waals surface area contributed by atoms with Crippen molar-refractivity contribution >= 4 is 5.91 Å². The molecule has 0 heterocycles. The Morgan fingerprint density at radius 1 is 1.08 bits per heavy atom. The Hall–Kier alpha value is -2.34. The van der Waals surface area contributed by atoms with Gasteiger partial charge in [-0.3, -0.25) is 4.79 Å². The first-order chi connectivity index (χ1) is 11.2. The highest BCUT2D eigenvalue weighted by molar-refractivity contribution is 5.94. The van der Waals surface area contributed by atoms with Gasteiger partial charge in [-0.05, 0) is 31.5 Å². The summed E-state index contributed by atoms with van der Waals surface area (Å²) in [6, 6.07) is 10.3. The largest absolute Gasteiger partial charge is 0.389 e. The fourth-order valence-corrected chi connectivity index (χ4v) is 2.33. The second-order valence-electron chi connectivity index (χ2n) is 6.21. The molecule has 0 aliphatic carbocycles. The molecule has 2 rings (SSSR count). The Morgan fingerprint density at radius 2 is 1.62 bits per heavy atom. The number of hydrogen-bond acceptors (Lipinski definition) is 2. The minimum atomic E-state index is -1.62. The third-order valence-electron chi connectivity index (χ3n) is 3.31. The van der Waals surface area contributed by atoms with Crippen LogP contribution in [-0.2, 0) is 6.54 Å². The molecular formula is C18H18F3NO2. The number of amides is 1. The van der Waals surface area contributed by atoms with E-state index in [0.717, 1.165) is 5.56 Å². The highest BCUT2D eigenvalue weighted by Gasteiger charge is 2.25. The molecule has 0 bridgehead atoms. The van der Waals surface area contributed by atoms with E-state index in [-0.39, 0.29) is 18.7 Å². The van der Waals surface area contributed by atoms with Gasteiger partial charge in [-0.25, -0.2) is 13.2 Å². The fraction of sp³-hybridized carbons (Fsp3) is 0.278. The molecule has 1 amide bonds. The van der Waals surface area contributed by atoms with Crippen molar-refractivity contribution in [1.29, 1.82) is 0 Å². The van der Waals surface area contributed by atoms with Crippen LogP contribution in [0.25, 0.3) is 0 Å². The van der Waals surface area contributed by atoms with Crippen molar-refractivity contribution in [1.82, 2.24) is 4.90 Å². The summed E-state index contributed by atoms with van der Waals surface area (Å²) in [7, 11) is 0. The van der Waals surface area contributed by atoms with Crippen LogP contribution in [0.3, 0.4) is 0 Å². The second-order valence-corrected chi connectivity index (χ2v) is 6.21. The van der Waals surface area contributed by atoms with Gasteiger partial charge in [0.05, 0.1) is 5.60 Å². The van der Waals surface area contributed by atoms with Crippen LogP contribution in [0.5, 0.6) is 0 Å². The van der Waals surface area contributed by atoms with E-state index in [1.165, 1.54) is 18.7 Å². The van der Waals surface area contributed by atoms with Crippen LogP contribution in [0.2, 0.25) is 0 Å². The number of hydrogen-bond donors (Lipinski definition) is 1. The number of aliphatic hydroxyl groups is 1. The minimum absolute atomic E-state index is 0.0542. The molecule has 24 heavy (non-hydrogen) atoms. The molecule has 0 aliphatic rings. The molecule has 0 spiro atoms. The van der Waals surface area contributed by atoms with Gasteiger partial charge in [0.2, 0.25) is 0 Å². The van der Waals surface area contributed by atoms with Gasteiger partial charge in [0.15, 0.2) is 17.5 Å². The lowest BCUT2D eigenvalue weighted by Gasteiger charge is -2.29. The van der Waals surface area contributed by atoms with Crippen LogP contribution in [0.1, 0.15) is 29.8 Å². The highest BCUT2D eigenvalue weighted by atomic mass is 19.2. The van der Waals surface area contributed by atoms with E-state index in [4.69, 9.17) is 0 Å². The summed E-state index contributed by atoms with van der Waals surface area (Å²) < 4.78 is 39.9. The van der Waals surface area contributed by atoms with Crippen molar-refractivity contribution in [3.8, 4) is 0 Å². The van der Waals surface area contributed by atoms with E-state index in [1.54, 1.807) is 24.3 Å². The highest BCUT2D eigenvalue weighted by Crippen LogP contribution is 2.18. The molecule has 0 fully saturated rings. The van der Waals surface area contributed by atoms with Crippen molar-refractivity contribution in [2.24, 2.45) is 0 Å². The maximum atomic E-state index is 13.4. The Labute approximate surface area is 138 Å². The molecule has 0 unspecified atom stereocenters. The predicted molar refractivity (Wildman–Crippen MR) is 83.8 cm³/mol. The fourth-order valence-electron chi connectivity index (χ4n) is 2.33. The van der Waals surface area contributed by atoms with Gasteiger partial charge in [-0.15, -0.1) is 0 Å². The zero-order valence-electron chi connectivity index (χ0n) is 13.4. The molecule has 0 saturated heterocycles. The number of nitrogens with zero attached hydrogens (tertiary/aromatic N) is 1. The van der Waals surface area contributed by atoms with Crippen LogP contribution >= 0.6 is 0 Å². The van der Waals surface area contributed by atoms with Crippen LogP contribution in [0.4, 0.5) is 13.2 Å². The number of benzene rings is 2. The topological polar surface area (TPSA) is 40.5 Å². The molecule has 1 N–H and O–H groups in total. The first-order valence-corrected chi connectivity index (χ1v) is 7.37. The first kappa shape index (κ1) is 18.0. The molecule has 6 heteroatoms. The second kappa shape index (κ2) is 7.05. The van der Waals surface area contributed by atoms with E-state index < -0.39 is 29.0 Å². The molecule has 2 aromatic rings. The first-order valence-electron chi connectivity index (χ1n) is 7.37. The lowest BCUT2D eigenvalue weighted by Crippen LogP contribution is -2.41. The van der Waals surface area contributed by atoms with Gasteiger partial charge in [0.25, 0.3) is 5.91 Å². The third-order valence-corrected chi connectivity index (χ3v) is 3.31. The van der Waals surface area contributed by atoms with Crippen LogP contribution in [0, 0.1) is 17.5 Å². The summed E-state index contributed by atoms with van der Waals surface area (Å²) >= 11 is 0. The Kier molecular flexibility index (Phi) is 5.29. The van der Waals surface area contributed by atoms with Gasteiger partial charge in [-0.1, -0.05) is 30.3 Å². The van der Waals surface area contributed by atoms with Crippen molar-refractivity contribution in [3.63, 3.8) is 0 Å². The molecule has 0 aliphatic heterocycles. The van der Waals surface area contributed by atoms with Crippen molar-refractivity contribution < 1.29 is 23.1 Å². The van der Waals surface area contributed by atoms with Crippen molar-refractivity contribution in [3.05, 3.63) is 71.0 Å². The maximum absolute atomic E-state index is 13.4.